The molecule has 7 heteroatoms. The molecule has 0 spiro atoms. The molecule has 3 rings (SSSR count). The molecule has 0 aliphatic carbocycles. The highest BCUT2D eigenvalue weighted by Crippen LogP contribution is 2.37. The van der Waals surface area contributed by atoms with E-state index < -0.39 is 0 Å². The zero-order valence-electron chi connectivity index (χ0n) is 17.3. The van der Waals surface area contributed by atoms with E-state index in [0.29, 0.717) is 30.4 Å². The monoisotopic (exact) mass is 494 g/mol. The Hall–Kier alpha value is -1.76. The van der Waals surface area contributed by atoms with E-state index in [1.807, 2.05) is 42.2 Å². The predicted molar refractivity (Wildman–Crippen MR) is 123 cm³/mol. The van der Waals surface area contributed by atoms with Crippen LogP contribution < -0.4 is 14.8 Å². The molecule has 1 amide bonds. The highest BCUT2D eigenvalue weighted by Gasteiger charge is 2.19. The van der Waals surface area contributed by atoms with Crippen LogP contribution in [0.15, 0.2) is 40.9 Å². The SMILES string of the molecule is CCOc1cc(CNCCCN2CCCC2=O)cc(Br)c1OCc1ccc(Cl)cc1. The maximum atomic E-state index is 11.7. The molecule has 30 heavy (non-hydrogen) atoms. The normalized spacial score (nSPS) is 13.7. The van der Waals surface area contributed by atoms with Crippen molar-refractivity contribution in [2.45, 2.75) is 39.3 Å². The first-order valence-electron chi connectivity index (χ1n) is 10.4. The fourth-order valence-electron chi connectivity index (χ4n) is 3.43. The van der Waals surface area contributed by atoms with Crippen molar-refractivity contribution >= 4 is 33.4 Å². The molecule has 0 saturated carbocycles. The molecular formula is C23H28BrClN2O3. The minimum atomic E-state index is 0.287. The molecule has 1 fully saturated rings. The molecule has 1 aliphatic heterocycles. The fraction of sp³-hybridized carbons (Fsp3) is 0.435. The minimum absolute atomic E-state index is 0.287. The van der Waals surface area contributed by atoms with Gasteiger partial charge >= 0.3 is 0 Å². The number of carbonyl (C=O) groups is 1. The fourth-order valence-corrected chi connectivity index (χ4v) is 4.16. The molecule has 1 aliphatic rings. The van der Waals surface area contributed by atoms with Crippen LogP contribution in [0.25, 0.3) is 0 Å². The summed E-state index contributed by atoms with van der Waals surface area (Å²) in [6.45, 7) is 6.27. The van der Waals surface area contributed by atoms with Gasteiger partial charge in [0.25, 0.3) is 0 Å². The highest BCUT2D eigenvalue weighted by molar-refractivity contribution is 9.10. The summed E-state index contributed by atoms with van der Waals surface area (Å²) in [4.78, 5) is 13.6. The van der Waals surface area contributed by atoms with Crippen LogP contribution in [0.3, 0.4) is 0 Å². The van der Waals surface area contributed by atoms with Crippen LogP contribution in [0, 0.1) is 0 Å². The topological polar surface area (TPSA) is 50.8 Å². The lowest BCUT2D eigenvalue weighted by Gasteiger charge is -2.17. The Balaban J connectivity index is 1.54. The van der Waals surface area contributed by atoms with Gasteiger partial charge in [-0.25, -0.2) is 0 Å². The zero-order chi connectivity index (χ0) is 21.3. The molecule has 0 bridgehead atoms. The number of halogens is 2. The van der Waals surface area contributed by atoms with E-state index in [-0.39, 0.29) is 5.91 Å². The summed E-state index contributed by atoms with van der Waals surface area (Å²) < 4.78 is 12.7. The van der Waals surface area contributed by atoms with Crippen molar-refractivity contribution in [2.24, 2.45) is 0 Å². The van der Waals surface area contributed by atoms with Crippen molar-refractivity contribution < 1.29 is 14.3 Å². The van der Waals surface area contributed by atoms with Crippen molar-refractivity contribution in [3.8, 4) is 11.5 Å². The molecule has 5 nitrogen and oxygen atoms in total. The second-order valence-electron chi connectivity index (χ2n) is 7.27. The van der Waals surface area contributed by atoms with Crippen LogP contribution in [0.2, 0.25) is 5.02 Å². The Morgan fingerprint density at radius 1 is 1.17 bits per heavy atom. The third-order valence-electron chi connectivity index (χ3n) is 4.95. The van der Waals surface area contributed by atoms with Gasteiger partial charge in [0.15, 0.2) is 11.5 Å². The summed E-state index contributed by atoms with van der Waals surface area (Å²) in [6.07, 6.45) is 2.65. The molecule has 2 aromatic carbocycles. The first-order chi connectivity index (χ1) is 14.6. The number of nitrogens with one attached hydrogen (secondary N) is 1. The molecule has 1 saturated heterocycles. The van der Waals surface area contributed by atoms with Crippen molar-refractivity contribution in [2.75, 3.05) is 26.2 Å². The summed E-state index contributed by atoms with van der Waals surface area (Å²) in [6, 6.07) is 11.7. The number of nitrogens with zero attached hydrogens (tertiary/aromatic N) is 1. The average molecular weight is 496 g/mol. The van der Waals surface area contributed by atoms with Crippen LogP contribution in [-0.2, 0) is 17.9 Å². The van der Waals surface area contributed by atoms with Gasteiger partial charge in [-0.1, -0.05) is 23.7 Å². The Bertz CT molecular complexity index is 845. The van der Waals surface area contributed by atoms with Crippen LogP contribution in [-0.4, -0.2) is 37.0 Å². The van der Waals surface area contributed by atoms with Gasteiger partial charge in [-0.15, -0.1) is 0 Å². The number of carbonyl (C=O) groups excluding carboxylic acids is 1. The number of hydrogen-bond donors (Lipinski definition) is 1. The summed E-state index contributed by atoms with van der Waals surface area (Å²) in [5.41, 5.74) is 2.15. The van der Waals surface area contributed by atoms with E-state index in [2.05, 4.69) is 27.3 Å². The average Bonchev–Trinajstić information content (AvgIpc) is 3.13. The van der Waals surface area contributed by atoms with E-state index in [1.165, 1.54) is 0 Å². The molecule has 0 radical (unpaired) electrons. The van der Waals surface area contributed by atoms with E-state index in [1.54, 1.807) is 0 Å². The molecule has 1 N–H and O–H groups in total. The van der Waals surface area contributed by atoms with Crippen molar-refractivity contribution in [1.29, 1.82) is 0 Å². The number of amides is 1. The maximum Gasteiger partial charge on any atom is 0.222 e. The lowest BCUT2D eigenvalue weighted by Crippen LogP contribution is -2.28. The lowest BCUT2D eigenvalue weighted by molar-refractivity contribution is -0.127. The lowest BCUT2D eigenvalue weighted by atomic mass is 10.2. The maximum absolute atomic E-state index is 11.7. The number of ether oxygens (including phenoxy) is 2. The van der Waals surface area contributed by atoms with E-state index in [4.69, 9.17) is 21.1 Å². The van der Waals surface area contributed by atoms with Crippen molar-refractivity contribution in [3.63, 3.8) is 0 Å². The number of benzene rings is 2. The second-order valence-corrected chi connectivity index (χ2v) is 8.56. The molecule has 0 aromatic heterocycles. The van der Waals surface area contributed by atoms with Gasteiger partial charge in [0.05, 0.1) is 11.1 Å². The molecule has 162 valence electrons. The van der Waals surface area contributed by atoms with Gasteiger partial charge in [-0.2, -0.15) is 0 Å². The smallest absolute Gasteiger partial charge is 0.222 e. The Morgan fingerprint density at radius 3 is 2.67 bits per heavy atom. The summed E-state index contributed by atoms with van der Waals surface area (Å²) in [7, 11) is 0. The van der Waals surface area contributed by atoms with Crippen LogP contribution in [0.4, 0.5) is 0 Å². The van der Waals surface area contributed by atoms with E-state index in [9.17, 15) is 4.79 Å². The molecule has 2 aromatic rings. The van der Waals surface area contributed by atoms with Crippen molar-refractivity contribution in [1.82, 2.24) is 10.2 Å². The van der Waals surface area contributed by atoms with Crippen LogP contribution in [0.1, 0.15) is 37.3 Å². The summed E-state index contributed by atoms with van der Waals surface area (Å²) in [5.74, 6) is 1.71. The quantitative estimate of drug-likeness (QED) is 0.436. The van der Waals surface area contributed by atoms with Crippen LogP contribution in [0.5, 0.6) is 11.5 Å². The Labute approximate surface area is 191 Å². The van der Waals surface area contributed by atoms with Gasteiger partial charge in [0.1, 0.15) is 6.61 Å². The predicted octanol–water partition coefficient (Wildman–Crippen LogP) is 5.18. The van der Waals surface area contributed by atoms with Crippen LogP contribution >= 0.6 is 27.5 Å². The summed E-state index contributed by atoms with van der Waals surface area (Å²) in [5, 5.41) is 4.16. The zero-order valence-corrected chi connectivity index (χ0v) is 19.6. The Kier molecular flexibility index (Phi) is 8.85. The Morgan fingerprint density at radius 2 is 1.97 bits per heavy atom. The molecule has 0 atom stereocenters. The van der Waals surface area contributed by atoms with Gasteiger partial charge in [-0.3, -0.25) is 4.79 Å². The third kappa shape index (κ3) is 6.62. The minimum Gasteiger partial charge on any atom is -0.490 e. The summed E-state index contributed by atoms with van der Waals surface area (Å²) >= 11 is 9.58. The van der Waals surface area contributed by atoms with Gasteiger partial charge in [0, 0.05) is 31.1 Å². The molecule has 0 unspecified atom stereocenters. The molecular weight excluding hydrogens is 468 g/mol. The first-order valence-corrected chi connectivity index (χ1v) is 11.5. The van der Waals surface area contributed by atoms with E-state index in [0.717, 1.165) is 60.4 Å². The standard InChI is InChI=1S/C23H28BrClN2O3/c1-2-29-21-14-18(15-26-10-4-12-27-11-3-5-22(27)28)13-20(24)23(21)30-16-17-6-8-19(25)9-7-17/h6-9,13-14,26H,2-5,10-12,15-16H2,1H3. The highest BCUT2D eigenvalue weighted by atomic mass is 79.9. The first kappa shape index (κ1) is 22.9. The molecule has 1 heterocycles. The number of hydrogen-bond acceptors (Lipinski definition) is 4. The number of rotatable bonds is 11. The van der Waals surface area contributed by atoms with Gasteiger partial charge in [-0.05, 0) is 77.6 Å². The second kappa shape index (κ2) is 11.6. The third-order valence-corrected chi connectivity index (χ3v) is 5.79. The van der Waals surface area contributed by atoms with Crippen molar-refractivity contribution in [3.05, 3.63) is 57.0 Å². The van der Waals surface area contributed by atoms with Gasteiger partial charge < -0.3 is 19.7 Å². The van der Waals surface area contributed by atoms with E-state index >= 15 is 0 Å². The largest absolute Gasteiger partial charge is 0.490 e. The number of likely N-dealkylation sites (tertiary alicyclic amines) is 1. The van der Waals surface area contributed by atoms with Gasteiger partial charge in [0.2, 0.25) is 5.91 Å².